The molecule has 1 aromatic heterocycles. The zero-order valence-electron chi connectivity index (χ0n) is 16.5. The first-order chi connectivity index (χ1) is 14.5. The van der Waals surface area contributed by atoms with Crippen LogP contribution in [0.2, 0.25) is 5.02 Å². The fourth-order valence-corrected chi connectivity index (χ4v) is 3.26. The second kappa shape index (κ2) is 8.51. The maximum Gasteiger partial charge on any atom is 0.272 e. The van der Waals surface area contributed by atoms with Crippen molar-refractivity contribution >= 4 is 17.9 Å². The van der Waals surface area contributed by atoms with E-state index in [0.29, 0.717) is 22.2 Å². The van der Waals surface area contributed by atoms with Gasteiger partial charge in [0.1, 0.15) is 12.0 Å². The first kappa shape index (κ1) is 19.9. The maximum atomic E-state index is 10.9. The van der Waals surface area contributed by atoms with Crippen molar-refractivity contribution in [3.05, 3.63) is 99.9 Å². The molecule has 0 aliphatic heterocycles. The number of nitrogens with zero attached hydrogens (tertiary/aromatic N) is 2. The molecule has 3 aromatic carbocycles. The lowest BCUT2D eigenvalue weighted by Crippen LogP contribution is -2.11. The lowest BCUT2D eigenvalue weighted by molar-refractivity contribution is 0.112. The molecule has 6 heteroatoms. The quantitative estimate of drug-likeness (QED) is 0.360. The van der Waals surface area contributed by atoms with Crippen LogP contribution in [0.15, 0.2) is 71.3 Å². The number of halogens is 1. The lowest BCUT2D eigenvalue weighted by atomic mass is 10.1. The number of benzene rings is 3. The molecule has 0 N–H and O–H groups in total. The molecule has 1 heterocycles. The minimum absolute atomic E-state index is 0.288. The van der Waals surface area contributed by atoms with Gasteiger partial charge in [-0.25, -0.2) is 0 Å². The fourth-order valence-electron chi connectivity index (χ4n) is 3.03. The van der Waals surface area contributed by atoms with Crippen molar-refractivity contribution in [1.82, 2.24) is 10.1 Å². The van der Waals surface area contributed by atoms with Crippen LogP contribution >= 0.6 is 11.6 Å². The van der Waals surface area contributed by atoms with Crippen molar-refractivity contribution in [3.8, 4) is 17.1 Å². The first-order valence-electron chi connectivity index (χ1n) is 9.42. The van der Waals surface area contributed by atoms with E-state index in [4.69, 9.17) is 20.9 Å². The molecule has 0 aliphatic carbocycles. The molecule has 1 unspecified atom stereocenters. The molecule has 150 valence electrons. The standard InChI is InChI=1S/C24H19ClN2O3/c1-15-7-12-19(13-16(15)2)29-22(20-5-3-4-6-21(20)25)24-26-23(27-30-24)18-10-8-17(14-28)9-11-18/h3-14,22H,1-2H3. The predicted octanol–water partition coefficient (Wildman–Crippen LogP) is 5.99. The predicted molar refractivity (Wildman–Crippen MR) is 115 cm³/mol. The van der Waals surface area contributed by atoms with E-state index in [1.54, 1.807) is 30.3 Å². The molecule has 5 nitrogen and oxygen atoms in total. The van der Waals surface area contributed by atoms with Crippen LogP contribution < -0.4 is 4.74 Å². The third-order valence-electron chi connectivity index (χ3n) is 4.89. The van der Waals surface area contributed by atoms with Crippen molar-refractivity contribution in [2.75, 3.05) is 0 Å². The van der Waals surface area contributed by atoms with Crippen LogP contribution in [0.3, 0.4) is 0 Å². The minimum atomic E-state index is -0.670. The van der Waals surface area contributed by atoms with Crippen molar-refractivity contribution in [2.24, 2.45) is 0 Å². The van der Waals surface area contributed by atoms with E-state index >= 15 is 0 Å². The number of carbonyl (C=O) groups excluding carboxylic acids is 1. The van der Waals surface area contributed by atoms with Crippen molar-refractivity contribution in [3.63, 3.8) is 0 Å². The summed E-state index contributed by atoms with van der Waals surface area (Å²) in [6, 6.07) is 20.2. The number of aryl methyl sites for hydroxylation is 2. The summed E-state index contributed by atoms with van der Waals surface area (Å²) in [6.07, 6.45) is 0.118. The highest BCUT2D eigenvalue weighted by Gasteiger charge is 2.26. The highest BCUT2D eigenvalue weighted by molar-refractivity contribution is 6.31. The zero-order valence-corrected chi connectivity index (χ0v) is 17.3. The lowest BCUT2D eigenvalue weighted by Gasteiger charge is -2.18. The van der Waals surface area contributed by atoms with E-state index in [9.17, 15) is 4.79 Å². The monoisotopic (exact) mass is 418 g/mol. The number of hydrogen-bond acceptors (Lipinski definition) is 5. The number of hydrogen-bond donors (Lipinski definition) is 0. The second-order valence-electron chi connectivity index (χ2n) is 6.96. The third-order valence-corrected chi connectivity index (χ3v) is 5.24. The topological polar surface area (TPSA) is 65.2 Å². The Morgan fingerprint density at radius 3 is 2.47 bits per heavy atom. The van der Waals surface area contributed by atoms with Gasteiger partial charge in [0, 0.05) is 21.7 Å². The van der Waals surface area contributed by atoms with Gasteiger partial charge in [0.2, 0.25) is 11.9 Å². The Kier molecular flexibility index (Phi) is 5.63. The van der Waals surface area contributed by atoms with Gasteiger partial charge in [-0.2, -0.15) is 4.98 Å². The average Bonchev–Trinajstić information content (AvgIpc) is 3.25. The zero-order chi connectivity index (χ0) is 21.1. The summed E-state index contributed by atoms with van der Waals surface area (Å²) in [4.78, 5) is 15.4. The molecule has 0 spiro atoms. The Morgan fingerprint density at radius 1 is 1.00 bits per heavy atom. The highest BCUT2D eigenvalue weighted by atomic mass is 35.5. The molecule has 0 radical (unpaired) electrons. The third kappa shape index (κ3) is 4.11. The van der Waals surface area contributed by atoms with Crippen molar-refractivity contribution in [1.29, 1.82) is 0 Å². The van der Waals surface area contributed by atoms with Crippen molar-refractivity contribution < 1.29 is 14.1 Å². The van der Waals surface area contributed by atoms with E-state index in [-0.39, 0.29) is 5.89 Å². The number of aldehydes is 1. The molecule has 0 aliphatic rings. The molecular weight excluding hydrogens is 400 g/mol. The minimum Gasteiger partial charge on any atom is -0.476 e. The van der Waals surface area contributed by atoms with Gasteiger partial charge >= 0.3 is 0 Å². The highest BCUT2D eigenvalue weighted by Crippen LogP contribution is 2.33. The molecule has 0 bridgehead atoms. The molecule has 4 rings (SSSR count). The maximum absolute atomic E-state index is 10.9. The molecule has 0 fully saturated rings. The van der Waals surface area contributed by atoms with Crippen LogP contribution in [0.5, 0.6) is 5.75 Å². The summed E-state index contributed by atoms with van der Waals surface area (Å²) >= 11 is 6.45. The van der Waals surface area contributed by atoms with Crippen LogP contribution in [0.25, 0.3) is 11.4 Å². The molecule has 0 saturated heterocycles. The Hall–Kier alpha value is -3.44. The summed E-state index contributed by atoms with van der Waals surface area (Å²) in [5.74, 6) is 1.37. The summed E-state index contributed by atoms with van der Waals surface area (Å²) < 4.78 is 11.8. The normalized spacial score (nSPS) is 11.8. The van der Waals surface area contributed by atoms with Crippen LogP contribution in [-0.2, 0) is 0 Å². The summed E-state index contributed by atoms with van der Waals surface area (Å²) in [5.41, 5.74) is 4.33. The van der Waals surface area contributed by atoms with Gasteiger partial charge in [-0.05, 0) is 43.2 Å². The Morgan fingerprint density at radius 2 is 1.77 bits per heavy atom. The smallest absolute Gasteiger partial charge is 0.272 e. The van der Waals surface area contributed by atoms with Gasteiger partial charge in [0.05, 0.1) is 0 Å². The number of aromatic nitrogens is 2. The van der Waals surface area contributed by atoms with Gasteiger partial charge in [-0.15, -0.1) is 0 Å². The first-order valence-corrected chi connectivity index (χ1v) is 9.80. The van der Waals surface area contributed by atoms with E-state index in [2.05, 4.69) is 10.1 Å². The number of carbonyl (C=O) groups is 1. The van der Waals surface area contributed by atoms with Crippen molar-refractivity contribution in [2.45, 2.75) is 20.0 Å². The second-order valence-corrected chi connectivity index (χ2v) is 7.37. The van der Waals surface area contributed by atoms with E-state index in [0.717, 1.165) is 23.0 Å². The van der Waals surface area contributed by atoms with Gasteiger partial charge in [-0.3, -0.25) is 4.79 Å². The Balaban J connectivity index is 1.72. The molecule has 30 heavy (non-hydrogen) atoms. The van der Waals surface area contributed by atoms with Crippen LogP contribution in [-0.4, -0.2) is 16.4 Å². The van der Waals surface area contributed by atoms with Gasteiger partial charge in [-0.1, -0.05) is 65.3 Å². The van der Waals surface area contributed by atoms with Crippen LogP contribution in [0.1, 0.15) is 39.0 Å². The van der Waals surface area contributed by atoms with E-state index in [1.807, 2.05) is 50.2 Å². The van der Waals surface area contributed by atoms with Crippen LogP contribution in [0.4, 0.5) is 0 Å². The number of ether oxygens (including phenoxy) is 1. The summed E-state index contributed by atoms with van der Waals surface area (Å²) in [6.45, 7) is 4.07. The largest absolute Gasteiger partial charge is 0.476 e. The van der Waals surface area contributed by atoms with E-state index in [1.165, 1.54) is 5.56 Å². The molecule has 1 atom stereocenters. The van der Waals surface area contributed by atoms with Gasteiger partial charge in [0.15, 0.2) is 0 Å². The summed E-state index contributed by atoms with van der Waals surface area (Å²) in [5, 5.41) is 4.64. The van der Waals surface area contributed by atoms with Gasteiger partial charge in [0.25, 0.3) is 5.89 Å². The molecular formula is C24H19ClN2O3. The Labute approximate surface area is 179 Å². The molecule has 0 saturated carbocycles. The SMILES string of the molecule is Cc1ccc(OC(c2nc(-c3ccc(C=O)cc3)no2)c2ccccc2Cl)cc1C. The summed E-state index contributed by atoms with van der Waals surface area (Å²) in [7, 11) is 0. The van der Waals surface area contributed by atoms with E-state index < -0.39 is 6.10 Å². The Bertz CT molecular complexity index is 1190. The van der Waals surface area contributed by atoms with Gasteiger partial charge < -0.3 is 9.26 Å². The van der Waals surface area contributed by atoms with Crippen LogP contribution in [0, 0.1) is 13.8 Å². The number of rotatable bonds is 6. The molecule has 0 amide bonds. The fraction of sp³-hybridized carbons (Fsp3) is 0.125. The molecule has 4 aromatic rings. The average molecular weight is 419 g/mol.